The molecular formula is C18H23NO2S. The van der Waals surface area contributed by atoms with Crippen molar-refractivity contribution < 1.29 is 8.42 Å². The van der Waals surface area contributed by atoms with Gasteiger partial charge in [0, 0.05) is 6.54 Å². The minimum Gasteiger partial charge on any atom is -0.211 e. The summed E-state index contributed by atoms with van der Waals surface area (Å²) in [5.74, 6) is 0.562. The Hall–Kier alpha value is -1.65. The second-order valence-electron chi connectivity index (χ2n) is 5.88. The van der Waals surface area contributed by atoms with Crippen molar-refractivity contribution in [3.8, 4) is 0 Å². The lowest BCUT2D eigenvalue weighted by molar-refractivity contribution is 0.581. The van der Waals surface area contributed by atoms with Crippen molar-refractivity contribution in [1.82, 2.24) is 4.72 Å². The maximum Gasteiger partial charge on any atom is 0.240 e. The third kappa shape index (κ3) is 4.97. The van der Waals surface area contributed by atoms with E-state index in [9.17, 15) is 8.42 Å². The van der Waals surface area contributed by atoms with Gasteiger partial charge in [-0.2, -0.15) is 0 Å². The minimum atomic E-state index is -3.43. The Morgan fingerprint density at radius 1 is 0.909 bits per heavy atom. The van der Waals surface area contributed by atoms with E-state index in [1.54, 1.807) is 12.1 Å². The Kier molecular flexibility index (Phi) is 5.75. The van der Waals surface area contributed by atoms with E-state index >= 15 is 0 Å². The van der Waals surface area contributed by atoms with Crippen LogP contribution in [0.1, 0.15) is 25.0 Å². The van der Waals surface area contributed by atoms with Crippen molar-refractivity contribution in [2.45, 2.75) is 31.6 Å². The zero-order valence-electron chi connectivity index (χ0n) is 13.1. The highest BCUT2D eigenvalue weighted by molar-refractivity contribution is 7.89. The van der Waals surface area contributed by atoms with Crippen molar-refractivity contribution in [3.05, 3.63) is 65.7 Å². The molecule has 2 aromatic rings. The number of nitrogens with one attached hydrogen (secondary N) is 1. The zero-order valence-corrected chi connectivity index (χ0v) is 13.9. The zero-order chi connectivity index (χ0) is 16.0. The van der Waals surface area contributed by atoms with Gasteiger partial charge in [0.25, 0.3) is 0 Å². The predicted molar refractivity (Wildman–Crippen MR) is 90.3 cm³/mol. The van der Waals surface area contributed by atoms with Crippen molar-refractivity contribution in [3.63, 3.8) is 0 Å². The number of hydrogen-bond donors (Lipinski definition) is 1. The Morgan fingerprint density at radius 3 is 2.14 bits per heavy atom. The van der Waals surface area contributed by atoms with Gasteiger partial charge in [0.2, 0.25) is 10.0 Å². The molecule has 0 saturated carbocycles. The van der Waals surface area contributed by atoms with Crippen LogP contribution in [-0.2, 0) is 22.9 Å². The molecule has 2 aromatic carbocycles. The number of benzene rings is 2. The first-order valence-corrected chi connectivity index (χ1v) is 9.08. The van der Waals surface area contributed by atoms with Gasteiger partial charge < -0.3 is 0 Å². The summed E-state index contributed by atoms with van der Waals surface area (Å²) in [6.45, 7) is 4.70. The second kappa shape index (κ2) is 7.56. The van der Waals surface area contributed by atoms with Crippen LogP contribution >= 0.6 is 0 Å². The van der Waals surface area contributed by atoms with Crippen LogP contribution in [-0.4, -0.2) is 15.0 Å². The van der Waals surface area contributed by atoms with Gasteiger partial charge in [0.05, 0.1) is 4.90 Å². The lowest BCUT2D eigenvalue weighted by Crippen LogP contribution is -2.26. The quantitative estimate of drug-likeness (QED) is 0.850. The highest BCUT2D eigenvalue weighted by Crippen LogP contribution is 2.13. The minimum absolute atomic E-state index is 0.327. The molecule has 0 saturated heterocycles. The smallest absolute Gasteiger partial charge is 0.211 e. The third-order valence-electron chi connectivity index (χ3n) is 3.43. The largest absolute Gasteiger partial charge is 0.240 e. The highest BCUT2D eigenvalue weighted by atomic mass is 32.2. The molecule has 4 heteroatoms. The molecule has 0 atom stereocenters. The van der Waals surface area contributed by atoms with Gasteiger partial charge in [-0.05, 0) is 42.0 Å². The Morgan fingerprint density at radius 2 is 1.55 bits per heavy atom. The van der Waals surface area contributed by atoms with Crippen molar-refractivity contribution in [2.24, 2.45) is 5.92 Å². The molecule has 0 fully saturated rings. The topological polar surface area (TPSA) is 46.2 Å². The van der Waals surface area contributed by atoms with Crippen molar-refractivity contribution in [2.75, 3.05) is 6.54 Å². The monoisotopic (exact) mass is 317 g/mol. The molecule has 1 N–H and O–H groups in total. The van der Waals surface area contributed by atoms with Crippen LogP contribution in [0.4, 0.5) is 0 Å². The van der Waals surface area contributed by atoms with Gasteiger partial charge in [-0.15, -0.1) is 0 Å². The molecule has 3 nitrogen and oxygen atoms in total. The average Bonchev–Trinajstić information content (AvgIpc) is 2.48. The lowest BCUT2D eigenvalue weighted by atomic mass is 10.0. The first kappa shape index (κ1) is 16.7. The fraction of sp³-hybridized carbons (Fsp3) is 0.333. The van der Waals surface area contributed by atoms with Gasteiger partial charge >= 0.3 is 0 Å². The molecule has 0 amide bonds. The van der Waals surface area contributed by atoms with Gasteiger partial charge in [-0.1, -0.05) is 56.3 Å². The standard InChI is InChI=1S/C18H23NO2S/c1-15(2)14-17-8-10-18(11-9-17)22(20,21)19-13-12-16-6-4-3-5-7-16/h3-11,15,19H,12-14H2,1-2H3. The van der Waals surface area contributed by atoms with E-state index in [4.69, 9.17) is 0 Å². The normalized spacial score (nSPS) is 11.8. The molecule has 0 aliphatic heterocycles. The summed E-state index contributed by atoms with van der Waals surface area (Å²) in [5, 5.41) is 0. The summed E-state index contributed by atoms with van der Waals surface area (Å²) in [5.41, 5.74) is 2.29. The second-order valence-corrected chi connectivity index (χ2v) is 7.64. The van der Waals surface area contributed by atoms with Crippen LogP contribution < -0.4 is 4.72 Å². The number of sulfonamides is 1. The molecule has 22 heavy (non-hydrogen) atoms. The highest BCUT2D eigenvalue weighted by Gasteiger charge is 2.13. The molecule has 0 aliphatic rings. The Balaban J connectivity index is 1.95. The fourth-order valence-electron chi connectivity index (χ4n) is 2.33. The molecule has 2 rings (SSSR count). The summed E-state index contributed by atoms with van der Waals surface area (Å²) < 4.78 is 27.1. The summed E-state index contributed by atoms with van der Waals surface area (Å²) in [6, 6.07) is 17.0. The number of hydrogen-bond acceptors (Lipinski definition) is 2. The SMILES string of the molecule is CC(C)Cc1ccc(S(=O)(=O)NCCc2ccccc2)cc1. The maximum absolute atomic E-state index is 12.2. The van der Waals surface area contributed by atoms with E-state index in [0.29, 0.717) is 23.8 Å². The number of rotatable bonds is 7. The van der Waals surface area contributed by atoms with Crippen LogP contribution in [0, 0.1) is 5.92 Å². The molecule has 118 valence electrons. The van der Waals surface area contributed by atoms with Crippen LogP contribution in [0.5, 0.6) is 0 Å². The summed E-state index contributed by atoms with van der Waals surface area (Å²) in [7, 11) is -3.43. The van der Waals surface area contributed by atoms with E-state index in [2.05, 4.69) is 18.6 Å². The third-order valence-corrected chi connectivity index (χ3v) is 4.90. The van der Waals surface area contributed by atoms with E-state index in [1.807, 2.05) is 42.5 Å². The van der Waals surface area contributed by atoms with Crippen LogP contribution in [0.25, 0.3) is 0 Å². The maximum atomic E-state index is 12.2. The van der Waals surface area contributed by atoms with Crippen LogP contribution in [0.2, 0.25) is 0 Å². The van der Waals surface area contributed by atoms with E-state index in [-0.39, 0.29) is 0 Å². The first-order chi connectivity index (χ1) is 10.5. The summed E-state index contributed by atoms with van der Waals surface area (Å²) in [6.07, 6.45) is 1.65. The molecule has 0 bridgehead atoms. The van der Waals surface area contributed by atoms with Crippen molar-refractivity contribution >= 4 is 10.0 Å². The molecule has 0 aromatic heterocycles. The molecule has 0 unspecified atom stereocenters. The Bertz CT molecular complexity index is 677. The van der Waals surface area contributed by atoms with Gasteiger partial charge in [-0.25, -0.2) is 13.1 Å². The van der Waals surface area contributed by atoms with E-state index in [1.165, 1.54) is 5.56 Å². The van der Waals surface area contributed by atoms with Gasteiger partial charge in [-0.3, -0.25) is 0 Å². The molecule has 0 aliphatic carbocycles. The Labute approximate surface area is 133 Å². The molecule has 0 heterocycles. The lowest BCUT2D eigenvalue weighted by Gasteiger charge is -2.09. The van der Waals surface area contributed by atoms with Crippen LogP contribution in [0.15, 0.2) is 59.5 Å². The summed E-state index contributed by atoms with van der Waals surface area (Å²) in [4.78, 5) is 0.327. The summed E-state index contributed by atoms with van der Waals surface area (Å²) >= 11 is 0. The first-order valence-electron chi connectivity index (χ1n) is 7.60. The van der Waals surface area contributed by atoms with E-state index < -0.39 is 10.0 Å². The van der Waals surface area contributed by atoms with Crippen molar-refractivity contribution in [1.29, 1.82) is 0 Å². The fourth-order valence-corrected chi connectivity index (χ4v) is 3.37. The average molecular weight is 317 g/mol. The molecule has 0 radical (unpaired) electrons. The van der Waals surface area contributed by atoms with E-state index in [0.717, 1.165) is 12.0 Å². The van der Waals surface area contributed by atoms with Gasteiger partial charge in [0.15, 0.2) is 0 Å². The van der Waals surface area contributed by atoms with Gasteiger partial charge in [0.1, 0.15) is 0 Å². The molecule has 0 spiro atoms. The van der Waals surface area contributed by atoms with Crippen LogP contribution in [0.3, 0.4) is 0 Å². The predicted octanol–water partition coefficient (Wildman–Crippen LogP) is 3.41. The molecular weight excluding hydrogens is 294 g/mol.